The van der Waals surface area contributed by atoms with Gasteiger partial charge in [-0.2, -0.15) is 0 Å². The van der Waals surface area contributed by atoms with E-state index in [9.17, 15) is 5.11 Å². The van der Waals surface area contributed by atoms with E-state index in [4.69, 9.17) is 0 Å². The van der Waals surface area contributed by atoms with Crippen LogP contribution in [0.5, 0.6) is 5.75 Å². The van der Waals surface area contributed by atoms with E-state index in [1.165, 1.54) is 11.3 Å². The average molecular weight is 294 g/mol. The number of aromatic hydroxyl groups is 1. The van der Waals surface area contributed by atoms with E-state index >= 15 is 0 Å². The van der Waals surface area contributed by atoms with E-state index in [0.29, 0.717) is 0 Å². The molecule has 0 bridgehead atoms. The number of para-hydroxylation sites is 1. The first-order valence-electron chi connectivity index (χ1n) is 4.84. The van der Waals surface area contributed by atoms with Crippen molar-refractivity contribution in [1.29, 1.82) is 0 Å². The molecule has 0 saturated heterocycles. The van der Waals surface area contributed by atoms with Gasteiger partial charge in [-0.1, -0.05) is 23.5 Å². The number of phenols is 1. The van der Waals surface area contributed by atoms with Crippen LogP contribution in [0, 0.1) is 0 Å². The van der Waals surface area contributed by atoms with Gasteiger partial charge >= 0.3 is 0 Å². The molecule has 0 atom stereocenters. The molecule has 2 aromatic heterocycles. The number of aromatic nitrogens is 2. The Morgan fingerprint density at radius 3 is 2.65 bits per heavy atom. The number of fused-ring (bicyclic) bond motifs is 1. The smallest absolute Gasteiger partial charge is 0.143 e. The van der Waals surface area contributed by atoms with Crippen LogP contribution in [-0.2, 0) is 19.5 Å². The number of phenolic OH excluding ortho intramolecular Hbond substituents is 1. The maximum atomic E-state index is 9.74. The molecule has 3 aromatic rings. The molecule has 2 heterocycles. The molecule has 0 spiro atoms. The summed E-state index contributed by atoms with van der Waals surface area (Å²) in [6, 6.07) is 11.0. The first kappa shape index (κ1) is 12.1. The van der Waals surface area contributed by atoms with Crippen molar-refractivity contribution in [2.24, 2.45) is 0 Å². The molecule has 0 saturated carbocycles. The predicted octanol–water partition coefficient (Wildman–Crippen LogP) is 3.06. The van der Waals surface area contributed by atoms with Gasteiger partial charge in [0.25, 0.3) is 0 Å². The summed E-state index contributed by atoms with van der Waals surface area (Å²) in [6.07, 6.45) is 1.75. The molecule has 0 fully saturated rings. The maximum Gasteiger partial charge on any atom is 0.143 e. The van der Waals surface area contributed by atoms with Crippen molar-refractivity contribution in [2.45, 2.75) is 0 Å². The van der Waals surface area contributed by atoms with Crippen molar-refractivity contribution in [3.05, 3.63) is 42.6 Å². The molecule has 0 radical (unpaired) electrons. The first-order valence-corrected chi connectivity index (χ1v) is 5.66. The fourth-order valence-corrected chi connectivity index (χ4v) is 2.48. The molecule has 0 aliphatic rings. The maximum absolute atomic E-state index is 9.74. The minimum atomic E-state index is 0. The minimum absolute atomic E-state index is 0. The van der Waals surface area contributed by atoms with Gasteiger partial charge in [0.15, 0.2) is 0 Å². The van der Waals surface area contributed by atoms with Crippen LogP contribution >= 0.6 is 11.3 Å². The van der Waals surface area contributed by atoms with Gasteiger partial charge in [-0.25, -0.2) is 9.97 Å². The number of nitrogens with zero attached hydrogens (tertiary/aromatic N) is 2. The van der Waals surface area contributed by atoms with Crippen LogP contribution in [0.4, 0.5) is 0 Å². The summed E-state index contributed by atoms with van der Waals surface area (Å²) in [6.45, 7) is 0. The van der Waals surface area contributed by atoms with Crippen molar-refractivity contribution < 1.29 is 24.6 Å². The number of benzene rings is 1. The number of rotatable bonds is 1. The van der Waals surface area contributed by atoms with Gasteiger partial charge in [-0.15, -0.1) is 0 Å². The summed E-state index contributed by atoms with van der Waals surface area (Å²) < 4.78 is 0. The zero-order valence-electron chi connectivity index (χ0n) is 9.00. The van der Waals surface area contributed by atoms with E-state index in [2.05, 4.69) is 9.97 Å². The number of pyridine rings is 1. The van der Waals surface area contributed by atoms with E-state index in [0.717, 1.165) is 20.9 Å². The van der Waals surface area contributed by atoms with Gasteiger partial charge in [0.2, 0.25) is 0 Å². The van der Waals surface area contributed by atoms with E-state index in [-0.39, 0.29) is 25.2 Å². The monoisotopic (exact) mass is 292 g/mol. The molecule has 80 valence electrons. The third-order valence-electron chi connectivity index (χ3n) is 2.30. The van der Waals surface area contributed by atoms with E-state index < -0.39 is 0 Å². The van der Waals surface area contributed by atoms with E-state index in [1.807, 2.05) is 24.3 Å². The Kier molecular flexibility index (Phi) is 3.50. The van der Waals surface area contributed by atoms with Gasteiger partial charge in [-0.3, -0.25) is 0 Å². The molecule has 0 amide bonds. The number of hydrogen-bond donors (Lipinski definition) is 1. The fourth-order valence-electron chi connectivity index (χ4n) is 1.54. The standard InChI is InChI=1S/C12H8N2OS.Zn/c15-10-6-2-1-4-8(10)11-14-9-5-3-7-13-12(9)16-11;/h1-7,15H;. The summed E-state index contributed by atoms with van der Waals surface area (Å²) in [5.74, 6) is 0.251. The minimum Gasteiger partial charge on any atom is -0.507 e. The largest absolute Gasteiger partial charge is 0.507 e. The Bertz CT molecular complexity index is 621. The molecule has 0 aliphatic heterocycles. The summed E-state index contributed by atoms with van der Waals surface area (Å²) in [5, 5.41) is 10.5. The second-order valence-electron chi connectivity index (χ2n) is 3.36. The second-order valence-corrected chi connectivity index (χ2v) is 4.34. The molecular formula is C12H8N2OSZn. The Hall–Kier alpha value is -1.32. The predicted molar refractivity (Wildman–Crippen MR) is 64.5 cm³/mol. The van der Waals surface area contributed by atoms with Crippen LogP contribution in [0.25, 0.3) is 20.9 Å². The Labute approximate surface area is 115 Å². The second kappa shape index (κ2) is 4.90. The Morgan fingerprint density at radius 2 is 1.88 bits per heavy atom. The molecular weight excluding hydrogens is 286 g/mol. The summed E-state index contributed by atoms with van der Waals surface area (Å²) in [4.78, 5) is 9.56. The molecule has 0 aliphatic carbocycles. The van der Waals surface area contributed by atoms with Crippen LogP contribution in [0.1, 0.15) is 0 Å². The molecule has 3 nitrogen and oxygen atoms in total. The van der Waals surface area contributed by atoms with Crippen LogP contribution < -0.4 is 0 Å². The van der Waals surface area contributed by atoms with Crippen LogP contribution in [-0.4, -0.2) is 15.1 Å². The van der Waals surface area contributed by atoms with Gasteiger partial charge in [0.05, 0.1) is 5.56 Å². The number of thiazole rings is 1. The topological polar surface area (TPSA) is 46.0 Å². The van der Waals surface area contributed by atoms with Crippen molar-refractivity contribution in [3.63, 3.8) is 0 Å². The molecule has 1 aromatic carbocycles. The SMILES string of the molecule is Oc1ccccc1-c1nc2cccnc2s1.[Zn]. The molecule has 1 N–H and O–H groups in total. The third kappa shape index (κ3) is 2.21. The van der Waals surface area contributed by atoms with Crippen molar-refractivity contribution in [1.82, 2.24) is 9.97 Å². The van der Waals surface area contributed by atoms with Crippen molar-refractivity contribution >= 4 is 21.7 Å². The zero-order chi connectivity index (χ0) is 11.0. The van der Waals surface area contributed by atoms with Gasteiger partial charge < -0.3 is 5.11 Å². The Morgan fingerprint density at radius 1 is 1.06 bits per heavy atom. The summed E-state index contributed by atoms with van der Waals surface area (Å²) in [5.41, 5.74) is 1.62. The van der Waals surface area contributed by atoms with Crippen LogP contribution in [0.2, 0.25) is 0 Å². The van der Waals surface area contributed by atoms with Crippen molar-refractivity contribution in [2.75, 3.05) is 0 Å². The van der Waals surface area contributed by atoms with Gasteiger partial charge in [0.1, 0.15) is 21.1 Å². The first-order chi connectivity index (χ1) is 7.84. The fraction of sp³-hybridized carbons (Fsp3) is 0. The number of hydrogen-bond acceptors (Lipinski definition) is 4. The Balaban J connectivity index is 0.00000108. The van der Waals surface area contributed by atoms with Crippen molar-refractivity contribution in [3.8, 4) is 16.3 Å². The molecule has 5 heteroatoms. The normalized spacial score (nSPS) is 10.1. The third-order valence-corrected chi connectivity index (χ3v) is 3.31. The van der Waals surface area contributed by atoms with Gasteiger partial charge in [0, 0.05) is 25.7 Å². The summed E-state index contributed by atoms with van der Waals surface area (Å²) in [7, 11) is 0. The van der Waals surface area contributed by atoms with Crippen LogP contribution in [0.15, 0.2) is 42.6 Å². The summed E-state index contributed by atoms with van der Waals surface area (Å²) >= 11 is 1.48. The quantitative estimate of drug-likeness (QED) is 0.701. The average Bonchev–Trinajstić information content (AvgIpc) is 2.73. The molecule has 0 unspecified atom stereocenters. The molecule has 17 heavy (non-hydrogen) atoms. The zero-order valence-corrected chi connectivity index (χ0v) is 12.8. The molecule has 3 rings (SSSR count). The van der Waals surface area contributed by atoms with Crippen LogP contribution in [0.3, 0.4) is 0 Å². The van der Waals surface area contributed by atoms with Gasteiger partial charge in [-0.05, 0) is 24.3 Å². The van der Waals surface area contributed by atoms with E-state index in [1.54, 1.807) is 18.3 Å².